The van der Waals surface area contributed by atoms with Crippen molar-refractivity contribution in [3.63, 3.8) is 0 Å². The van der Waals surface area contributed by atoms with Crippen LogP contribution in [0.2, 0.25) is 32.2 Å². The molecule has 100 valence electrons. The summed E-state index contributed by atoms with van der Waals surface area (Å²) in [6.45, 7) is 13.5. The van der Waals surface area contributed by atoms with Crippen LogP contribution >= 0.6 is 0 Å². The fourth-order valence-corrected chi connectivity index (χ4v) is 8.91. The number of ether oxygens (including phenoxy) is 2. The zero-order chi connectivity index (χ0) is 12.7. The molecule has 3 nitrogen and oxygen atoms in total. The van der Waals surface area contributed by atoms with E-state index in [4.69, 9.17) is 13.9 Å². The van der Waals surface area contributed by atoms with Crippen LogP contribution < -0.4 is 0 Å². The van der Waals surface area contributed by atoms with E-state index in [1.807, 2.05) is 0 Å². The minimum Gasteiger partial charge on any atom is -0.415 e. The molecule has 0 radical (unpaired) electrons. The zero-order valence-electron chi connectivity index (χ0n) is 11.8. The molecule has 5 heteroatoms. The van der Waals surface area contributed by atoms with Crippen molar-refractivity contribution in [2.75, 3.05) is 13.2 Å². The van der Waals surface area contributed by atoms with Gasteiger partial charge in [0.1, 0.15) is 6.10 Å². The second-order valence-corrected chi connectivity index (χ2v) is 21.8. The predicted octanol–water partition coefficient (Wildman–Crippen LogP) is 2.57. The zero-order valence-corrected chi connectivity index (χ0v) is 13.8. The quantitative estimate of drug-likeness (QED) is 0.583. The van der Waals surface area contributed by atoms with Crippen molar-refractivity contribution in [2.24, 2.45) is 0 Å². The maximum atomic E-state index is 6.44. The van der Waals surface area contributed by atoms with Gasteiger partial charge in [0.2, 0.25) is 0 Å². The average molecular weight is 275 g/mol. The molecule has 0 aromatic rings. The van der Waals surface area contributed by atoms with Crippen LogP contribution in [0.3, 0.4) is 0 Å². The van der Waals surface area contributed by atoms with Crippen LogP contribution in [0.5, 0.6) is 0 Å². The fraction of sp³-hybridized carbons (Fsp3) is 1.00. The minimum atomic E-state index is -1.46. The van der Waals surface area contributed by atoms with Gasteiger partial charge in [0.25, 0.3) is 0 Å². The molecule has 0 bridgehead atoms. The lowest BCUT2D eigenvalue weighted by Crippen LogP contribution is -2.63. The highest BCUT2D eigenvalue weighted by Crippen LogP contribution is 2.35. The number of rotatable bonds is 4. The summed E-state index contributed by atoms with van der Waals surface area (Å²) >= 11 is 0. The third kappa shape index (κ3) is 3.20. The van der Waals surface area contributed by atoms with Crippen molar-refractivity contribution >= 4 is 15.4 Å². The average Bonchev–Trinajstić information content (AvgIpc) is 3.02. The third-order valence-electron chi connectivity index (χ3n) is 4.60. The summed E-state index contributed by atoms with van der Waals surface area (Å²) in [4.78, 5) is 0. The molecule has 0 aliphatic carbocycles. The van der Waals surface area contributed by atoms with Gasteiger partial charge in [0, 0.05) is 0 Å². The van der Waals surface area contributed by atoms with Crippen LogP contribution in [0.15, 0.2) is 0 Å². The van der Waals surface area contributed by atoms with Crippen LogP contribution in [-0.4, -0.2) is 47.0 Å². The van der Waals surface area contributed by atoms with E-state index in [1.54, 1.807) is 0 Å². The SMILES string of the molecule is CC(OCC1CO1)C1CC[Si](C)(C)[Si](C)(C)O1. The van der Waals surface area contributed by atoms with Gasteiger partial charge in [-0.2, -0.15) is 0 Å². The molecular formula is C12H26O3Si2. The van der Waals surface area contributed by atoms with Gasteiger partial charge >= 0.3 is 0 Å². The van der Waals surface area contributed by atoms with E-state index in [9.17, 15) is 0 Å². The number of hydrogen-bond donors (Lipinski definition) is 0. The van der Waals surface area contributed by atoms with Crippen LogP contribution in [-0.2, 0) is 13.9 Å². The Morgan fingerprint density at radius 1 is 1.29 bits per heavy atom. The lowest BCUT2D eigenvalue weighted by atomic mass is 10.2. The van der Waals surface area contributed by atoms with Gasteiger partial charge in [0.15, 0.2) is 7.83 Å². The van der Waals surface area contributed by atoms with E-state index in [0.29, 0.717) is 12.2 Å². The van der Waals surface area contributed by atoms with Crippen LogP contribution in [0.1, 0.15) is 13.3 Å². The van der Waals surface area contributed by atoms with E-state index >= 15 is 0 Å². The standard InChI is InChI=1S/C12H26O3Si2/c1-10(13-8-11-9-14-11)12-6-7-16(2,3)17(4,5)15-12/h10-12H,6-9H2,1-5H3. The molecule has 17 heavy (non-hydrogen) atoms. The van der Waals surface area contributed by atoms with E-state index < -0.39 is 15.4 Å². The first-order valence-corrected chi connectivity index (χ1v) is 13.8. The Bertz CT molecular complexity index is 277. The molecule has 2 rings (SSSR count). The molecule has 3 atom stereocenters. The normalized spacial score (nSPS) is 36.5. The van der Waals surface area contributed by atoms with Crippen LogP contribution in [0, 0.1) is 0 Å². The lowest BCUT2D eigenvalue weighted by molar-refractivity contribution is -0.0255. The van der Waals surface area contributed by atoms with Gasteiger partial charge < -0.3 is 13.9 Å². The summed E-state index contributed by atoms with van der Waals surface area (Å²) in [5.74, 6) is 0. The maximum absolute atomic E-state index is 6.44. The fourth-order valence-electron chi connectivity index (χ4n) is 2.26. The molecule has 0 amide bonds. The summed E-state index contributed by atoms with van der Waals surface area (Å²) in [6.07, 6.45) is 2.08. The van der Waals surface area contributed by atoms with E-state index in [-0.39, 0.29) is 6.10 Å². The summed E-state index contributed by atoms with van der Waals surface area (Å²) in [5.41, 5.74) is 0. The maximum Gasteiger partial charge on any atom is 0.174 e. The Morgan fingerprint density at radius 3 is 2.47 bits per heavy atom. The van der Waals surface area contributed by atoms with Crippen molar-refractivity contribution < 1.29 is 13.9 Å². The van der Waals surface area contributed by atoms with Crippen molar-refractivity contribution in [1.82, 2.24) is 0 Å². The van der Waals surface area contributed by atoms with Gasteiger partial charge in [-0.1, -0.05) is 19.1 Å². The van der Waals surface area contributed by atoms with Gasteiger partial charge in [-0.15, -0.1) is 0 Å². The summed E-state index contributed by atoms with van der Waals surface area (Å²) in [7, 11) is -2.56. The first-order valence-electron chi connectivity index (χ1n) is 6.73. The van der Waals surface area contributed by atoms with Crippen LogP contribution in [0.4, 0.5) is 0 Å². The Balaban J connectivity index is 1.85. The second-order valence-electron chi connectivity index (χ2n) is 6.58. The first kappa shape index (κ1) is 13.7. The molecule has 2 aliphatic heterocycles. The Hall–Kier alpha value is 0.314. The van der Waals surface area contributed by atoms with Crippen LogP contribution in [0.25, 0.3) is 0 Å². The number of hydrogen-bond acceptors (Lipinski definition) is 3. The molecule has 0 saturated carbocycles. The molecule has 2 heterocycles. The van der Waals surface area contributed by atoms with E-state index in [1.165, 1.54) is 12.5 Å². The predicted molar refractivity (Wildman–Crippen MR) is 74.4 cm³/mol. The first-order chi connectivity index (χ1) is 7.82. The van der Waals surface area contributed by atoms with Crippen molar-refractivity contribution in [3.8, 4) is 0 Å². The van der Waals surface area contributed by atoms with Crippen molar-refractivity contribution in [2.45, 2.75) is 63.9 Å². The molecule has 0 spiro atoms. The van der Waals surface area contributed by atoms with Gasteiger partial charge in [0.05, 0.1) is 33.0 Å². The van der Waals surface area contributed by atoms with Crippen molar-refractivity contribution in [3.05, 3.63) is 0 Å². The van der Waals surface area contributed by atoms with Gasteiger partial charge in [-0.05, 0) is 26.4 Å². The van der Waals surface area contributed by atoms with E-state index in [0.717, 1.165) is 13.2 Å². The summed E-state index contributed by atoms with van der Waals surface area (Å²) in [6, 6.07) is 1.39. The highest BCUT2D eigenvalue weighted by Gasteiger charge is 2.48. The largest absolute Gasteiger partial charge is 0.415 e. The molecule has 0 aromatic heterocycles. The second kappa shape index (κ2) is 4.77. The molecule has 2 fully saturated rings. The highest BCUT2D eigenvalue weighted by atomic mass is 29.3. The molecule has 0 N–H and O–H groups in total. The van der Waals surface area contributed by atoms with Crippen molar-refractivity contribution in [1.29, 1.82) is 0 Å². The van der Waals surface area contributed by atoms with E-state index in [2.05, 4.69) is 33.1 Å². The Kier molecular flexibility index (Phi) is 3.86. The van der Waals surface area contributed by atoms with Gasteiger partial charge in [-0.3, -0.25) is 0 Å². The molecule has 2 saturated heterocycles. The number of epoxide rings is 1. The lowest BCUT2D eigenvalue weighted by Gasteiger charge is -2.47. The Labute approximate surface area is 107 Å². The topological polar surface area (TPSA) is 31.0 Å². The summed E-state index contributed by atoms with van der Waals surface area (Å²) in [5, 5.41) is 0. The molecule has 3 unspecified atom stereocenters. The Morgan fingerprint density at radius 2 is 1.94 bits per heavy atom. The monoisotopic (exact) mass is 274 g/mol. The molecule has 0 aromatic carbocycles. The third-order valence-corrected chi connectivity index (χ3v) is 21.2. The molecule has 2 aliphatic rings. The highest BCUT2D eigenvalue weighted by molar-refractivity contribution is 7.38. The summed E-state index contributed by atoms with van der Waals surface area (Å²) < 4.78 is 17.5. The minimum absolute atomic E-state index is 0.219. The smallest absolute Gasteiger partial charge is 0.174 e. The van der Waals surface area contributed by atoms with Gasteiger partial charge in [-0.25, -0.2) is 0 Å². The molecular weight excluding hydrogens is 248 g/mol.